The first-order valence-electron chi connectivity index (χ1n) is 10.1. The third kappa shape index (κ3) is 6.24. The minimum absolute atomic E-state index is 0.152. The molecule has 1 amide bonds. The molecule has 0 bridgehead atoms. The summed E-state index contributed by atoms with van der Waals surface area (Å²) in [5.41, 5.74) is 1.74. The van der Waals surface area contributed by atoms with Crippen LogP contribution in [0.3, 0.4) is 0 Å². The van der Waals surface area contributed by atoms with Crippen molar-refractivity contribution in [3.63, 3.8) is 0 Å². The smallest absolute Gasteiger partial charge is 0.338 e. The summed E-state index contributed by atoms with van der Waals surface area (Å²) in [7, 11) is 0. The van der Waals surface area contributed by atoms with Crippen molar-refractivity contribution in [1.82, 2.24) is 14.8 Å². The van der Waals surface area contributed by atoms with Crippen molar-refractivity contribution in [1.29, 1.82) is 0 Å². The Kier molecular flexibility index (Phi) is 8.52. The molecule has 0 aliphatic carbocycles. The number of carbonyl (C=O) groups is 2. The molecule has 10 heteroatoms. The molecule has 0 saturated heterocycles. The first kappa shape index (κ1) is 23.6. The fraction of sp³-hybridized carbons (Fsp3) is 0.273. The minimum atomic E-state index is -0.424. The number of nitrogens with one attached hydrogen (secondary N) is 2. The van der Waals surface area contributed by atoms with E-state index in [4.69, 9.17) is 16.3 Å². The molecule has 0 spiro atoms. The molecule has 0 aliphatic heterocycles. The van der Waals surface area contributed by atoms with Gasteiger partial charge in [-0.1, -0.05) is 41.6 Å². The number of thioether (sulfide) groups is 1. The molecule has 0 fully saturated rings. The Morgan fingerprint density at radius 3 is 2.69 bits per heavy atom. The molecule has 2 N–H and O–H groups in total. The van der Waals surface area contributed by atoms with Crippen LogP contribution in [0.25, 0.3) is 0 Å². The summed E-state index contributed by atoms with van der Waals surface area (Å²) in [6, 6.07) is 14.1. The number of hydrogen-bond acceptors (Lipinski definition) is 7. The van der Waals surface area contributed by atoms with Crippen LogP contribution in [0.2, 0.25) is 5.02 Å². The summed E-state index contributed by atoms with van der Waals surface area (Å²) in [4.78, 5) is 24.3. The lowest BCUT2D eigenvalue weighted by Gasteiger charge is -2.10. The Balaban J connectivity index is 1.57. The number of ether oxygens (including phenoxy) is 1. The number of benzene rings is 2. The maximum Gasteiger partial charge on any atom is 0.338 e. The van der Waals surface area contributed by atoms with Gasteiger partial charge in [0.15, 0.2) is 11.0 Å². The van der Waals surface area contributed by atoms with Gasteiger partial charge >= 0.3 is 5.97 Å². The van der Waals surface area contributed by atoms with Gasteiger partial charge in [-0.05, 0) is 44.2 Å². The van der Waals surface area contributed by atoms with E-state index in [-0.39, 0.29) is 11.7 Å². The predicted octanol–water partition coefficient (Wildman–Crippen LogP) is 4.47. The zero-order chi connectivity index (χ0) is 22.9. The van der Waals surface area contributed by atoms with Crippen molar-refractivity contribution in [2.24, 2.45) is 0 Å². The normalized spacial score (nSPS) is 10.6. The summed E-state index contributed by atoms with van der Waals surface area (Å²) >= 11 is 7.48. The van der Waals surface area contributed by atoms with Crippen molar-refractivity contribution in [2.75, 3.05) is 23.0 Å². The second-order valence-electron chi connectivity index (χ2n) is 6.61. The number of aromatic nitrogens is 3. The van der Waals surface area contributed by atoms with Crippen molar-refractivity contribution >= 4 is 46.6 Å². The second-order valence-corrected chi connectivity index (χ2v) is 7.96. The standard InChI is InChI=1S/C22H24ClN5O3S/c1-3-28-19(13-24-18-11-6-5-10-17(18)23)26-27-22(28)32-14-20(29)25-16-9-7-8-15(12-16)21(30)31-4-2/h5-12,24H,3-4,13-14H2,1-2H3,(H,25,29). The van der Waals surface area contributed by atoms with Crippen LogP contribution in [0.1, 0.15) is 30.0 Å². The highest BCUT2D eigenvalue weighted by molar-refractivity contribution is 7.99. The van der Waals surface area contributed by atoms with Crippen LogP contribution in [0.5, 0.6) is 0 Å². The quantitative estimate of drug-likeness (QED) is 0.331. The average molecular weight is 474 g/mol. The Labute approximate surface area is 195 Å². The largest absolute Gasteiger partial charge is 0.462 e. The van der Waals surface area contributed by atoms with Gasteiger partial charge in [-0.15, -0.1) is 10.2 Å². The van der Waals surface area contributed by atoms with Crippen LogP contribution >= 0.6 is 23.4 Å². The van der Waals surface area contributed by atoms with Gasteiger partial charge in [0.1, 0.15) is 0 Å². The fourth-order valence-corrected chi connectivity index (χ4v) is 3.94. The van der Waals surface area contributed by atoms with E-state index in [0.29, 0.717) is 41.1 Å². The molecule has 32 heavy (non-hydrogen) atoms. The molecule has 3 rings (SSSR count). The number of hydrogen-bond donors (Lipinski definition) is 2. The number of anilines is 2. The van der Waals surface area contributed by atoms with Crippen molar-refractivity contribution < 1.29 is 14.3 Å². The molecule has 1 heterocycles. The highest BCUT2D eigenvalue weighted by atomic mass is 35.5. The molecule has 3 aromatic rings. The zero-order valence-corrected chi connectivity index (χ0v) is 19.4. The van der Waals surface area contributed by atoms with E-state index in [9.17, 15) is 9.59 Å². The van der Waals surface area contributed by atoms with Gasteiger partial charge in [-0.2, -0.15) is 0 Å². The number of carbonyl (C=O) groups excluding carboxylic acids is 2. The van der Waals surface area contributed by atoms with Crippen molar-refractivity contribution in [3.05, 3.63) is 64.9 Å². The zero-order valence-electron chi connectivity index (χ0n) is 17.8. The van der Waals surface area contributed by atoms with Gasteiger partial charge in [0, 0.05) is 12.2 Å². The number of halogens is 1. The first-order chi connectivity index (χ1) is 15.5. The van der Waals surface area contributed by atoms with Gasteiger partial charge in [0.05, 0.1) is 35.2 Å². The highest BCUT2D eigenvalue weighted by Crippen LogP contribution is 2.22. The Bertz CT molecular complexity index is 1090. The van der Waals surface area contributed by atoms with Crippen LogP contribution in [-0.4, -0.2) is 39.0 Å². The number of nitrogens with zero attached hydrogens (tertiary/aromatic N) is 3. The lowest BCUT2D eigenvalue weighted by atomic mass is 10.2. The van der Waals surface area contributed by atoms with Gasteiger partial charge in [0.2, 0.25) is 5.91 Å². The van der Waals surface area contributed by atoms with E-state index in [1.54, 1.807) is 31.2 Å². The maximum absolute atomic E-state index is 12.4. The number of para-hydroxylation sites is 1. The molecule has 0 saturated carbocycles. The van der Waals surface area contributed by atoms with Crippen LogP contribution in [-0.2, 0) is 22.6 Å². The maximum atomic E-state index is 12.4. The SMILES string of the molecule is CCOC(=O)c1cccc(NC(=O)CSc2nnc(CNc3ccccc3Cl)n2CC)c1. The van der Waals surface area contributed by atoms with Crippen molar-refractivity contribution in [3.8, 4) is 0 Å². The molecule has 2 aromatic carbocycles. The molecule has 0 unspecified atom stereocenters. The Morgan fingerprint density at radius 2 is 1.94 bits per heavy atom. The topological polar surface area (TPSA) is 98.1 Å². The first-order valence-corrected chi connectivity index (χ1v) is 11.5. The van der Waals surface area contributed by atoms with Crippen LogP contribution in [0.15, 0.2) is 53.7 Å². The van der Waals surface area contributed by atoms with Gasteiger partial charge in [-0.25, -0.2) is 4.79 Å². The van der Waals surface area contributed by atoms with E-state index < -0.39 is 5.97 Å². The summed E-state index contributed by atoms with van der Waals surface area (Å²) in [6.07, 6.45) is 0. The molecule has 168 valence electrons. The van der Waals surface area contributed by atoms with Crippen LogP contribution in [0, 0.1) is 0 Å². The van der Waals surface area contributed by atoms with E-state index >= 15 is 0 Å². The fourth-order valence-electron chi connectivity index (χ4n) is 2.92. The van der Waals surface area contributed by atoms with E-state index in [1.807, 2.05) is 35.8 Å². The van der Waals surface area contributed by atoms with Crippen molar-refractivity contribution in [2.45, 2.75) is 32.1 Å². The lowest BCUT2D eigenvalue weighted by Crippen LogP contribution is -2.15. The van der Waals surface area contributed by atoms with Crippen LogP contribution < -0.4 is 10.6 Å². The highest BCUT2D eigenvalue weighted by Gasteiger charge is 2.14. The third-order valence-electron chi connectivity index (χ3n) is 4.41. The molecule has 0 radical (unpaired) electrons. The second kappa shape index (κ2) is 11.5. The van der Waals surface area contributed by atoms with E-state index in [2.05, 4.69) is 20.8 Å². The summed E-state index contributed by atoms with van der Waals surface area (Å²) in [6.45, 7) is 5.15. The summed E-state index contributed by atoms with van der Waals surface area (Å²) < 4.78 is 6.94. The predicted molar refractivity (Wildman–Crippen MR) is 126 cm³/mol. The Hall–Kier alpha value is -3.04. The van der Waals surface area contributed by atoms with E-state index in [1.165, 1.54) is 11.8 Å². The number of amides is 1. The summed E-state index contributed by atoms with van der Waals surface area (Å²) in [5.74, 6) is 0.265. The number of rotatable bonds is 10. The minimum Gasteiger partial charge on any atom is -0.462 e. The van der Waals surface area contributed by atoms with Gasteiger partial charge in [-0.3, -0.25) is 4.79 Å². The monoisotopic (exact) mass is 473 g/mol. The van der Waals surface area contributed by atoms with Gasteiger partial charge < -0.3 is 19.9 Å². The Morgan fingerprint density at radius 1 is 1.12 bits per heavy atom. The lowest BCUT2D eigenvalue weighted by molar-refractivity contribution is -0.113. The molecule has 1 aromatic heterocycles. The average Bonchev–Trinajstić information content (AvgIpc) is 3.19. The number of esters is 1. The third-order valence-corrected chi connectivity index (χ3v) is 5.71. The molecule has 8 nitrogen and oxygen atoms in total. The molecule has 0 atom stereocenters. The van der Waals surface area contributed by atoms with Crippen LogP contribution in [0.4, 0.5) is 11.4 Å². The molecular formula is C22H24ClN5O3S. The van der Waals surface area contributed by atoms with E-state index in [0.717, 1.165) is 11.5 Å². The van der Waals surface area contributed by atoms with Gasteiger partial charge in [0.25, 0.3) is 0 Å². The molecular weight excluding hydrogens is 450 g/mol. The molecule has 0 aliphatic rings. The summed E-state index contributed by atoms with van der Waals surface area (Å²) in [5, 5.41) is 15.8.